The van der Waals surface area contributed by atoms with Gasteiger partial charge in [-0.1, -0.05) is 47.5 Å². The SMILES string of the molecule is O=C(O)c1ccc(C=CC(c2cc(Cl)c(Cl)c(C3CC3)c2)C(F)(F)F)cc1C(F)(F)F. The van der Waals surface area contributed by atoms with Crippen LogP contribution in [0.5, 0.6) is 0 Å². The van der Waals surface area contributed by atoms with Crippen molar-refractivity contribution >= 4 is 35.2 Å². The van der Waals surface area contributed by atoms with Crippen molar-refractivity contribution < 1.29 is 36.2 Å². The molecule has 1 N–H and O–H groups in total. The second-order valence-electron chi connectivity index (χ2n) is 7.17. The third-order valence-corrected chi connectivity index (χ3v) is 5.68. The molecule has 1 fully saturated rings. The van der Waals surface area contributed by atoms with E-state index in [2.05, 4.69) is 0 Å². The molecule has 1 saturated carbocycles. The second kappa shape index (κ2) is 8.39. The summed E-state index contributed by atoms with van der Waals surface area (Å²) in [4.78, 5) is 11.0. The highest BCUT2D eigenvalue weighted by Crippen LogP contribution is 2.48. The first-order chi connectivity index (χ1) is 14.3. The zero-order chi connectivity index (χ0) is 23.1. The van der Waals surface area contributed by atoms with E-state index in [-0.39, 0.29) is 27.1 Å². The number of allylic oxidation sites excluding steroid dienone is 1. The van der Waals surface area contributed by atoms with E-state index in [9.17, 15) is 31.1 Å². The van der Waals surface area contributed by atoms with Gasteiger partial charge in [-0.25, -0.2) is 4.79 Å². The Morgan fingerprint density at radius 3 is 2.23 bits per heavy atom. The molecule has 0 aromatic heterocycles. The Hall–Kier alpha value is -2.19. The van der Waals surface area contributed by atoms with E-state index in [1.807, 2.05) is 0 Å². The molecule has 0 amide bonds. The third-order valence-electron chi connectivity index (χ3n) is 4.87. The molecule has 0 heterocycles. The highest BCUT2D eigenvalue weighted by molar-refractivity contribution is 6.42. The number of aromatic carboxylic acids is 1. The maximum atomic E-state index is 13.7. The van der Waals surface area contributed by atoms with E-state index in [4.69, 9.17) is 28.3 Å². The molecule has 2 nitrogen and oxygen atoms in total. The average molecular weight is 483 g/mol. The van der Waals surface area contributed by atoms with E-state index in [0.717, 1.165) is 31.1 Å². The number of halogens is 8. The Balaban J connectivity index is 2.03. The number of hydrogen-bond acceptors (Lipinski definition) is 1. The summed E-state index contributed by atoms with van der Waals surface area (Å²) in [6.07, 6.45) is -6.58. The predicted molar refractivity (Wildman–Crippen MR) is 105 cm³/mol. The fourth-order valence-corrected chi connectivity index (χ4v) is 3.70. The molecule has 1 atom stereocenters. The number of alkyl halides is 6. The van der Waals surface area contributed by atoms with Gasteiger partial charge in [0.25, 0.3) is 0 Å². The fraction of sp³-hybridized carbons (Fsp3) is 0.286. The number of hydrogen-bond donors (Lipinski definition) is 1. The number of carboxylic acids is 1. The summed E-state index contributed by atoms with van der Waals surface area (Å²) in [5.74, 6) is -3.91. The van der Waals surface area contributed by atoms with Gasteiger partial charge in [0.15, 0.2) is 0 Å². The van der Waals surface area contributed by atoms with Crippen LogP contribution in [0.25, 0.3) is 6.08 Å². The molecular formula is C21H14Cl2F6O2. The van der Waals surface area contributed by atoms with Crippen LogP contribution in [0.2, 0.25) is 10.0 Å². The lowest BCUT2D eigenvalue weighted by Gasteiger charge is -2.19. The van der Waals surface area contributed by atoms with Gasteiger partial charge in [0.1, 0.15) is 0 Å². The van der Waals surface area contributed by atoms with Crippen molar-refractivity contribution in [2.75, 3.05) is 0 Å². The summed E-state index contributed by atoms with van der Waals surface area (Å²) in [6.45, 7) is 0. The first kappa shape index (κ1) is 23.5. The molecule has 0 radical (unpaired) electrons. The first-order valence-electron chi connectivity index (χ1n) is 8.97. The van der Waals surface area contributed by atoms with Crippen molar-refractivity contribution in [3.63, 3.8) is 0 Å². The number of rotatable bonds is 5. The maximum Gasteiger partial charge on any atom is 0.417 e. The molecule has 0 saturated heterocycles. The standard InChI is InChI=1S/C21H14Cl2F6O2/c22-17-9-12(8-14(18(17)23)11-3-4-11)15(20(24,25)26)6-2-10-1-5-13(19(30)31)16(7-10)21(27,28)29/h1-2,5-9,11,15H,3-4H2,(H,30,31). The number of benzene rings is 2. The quantitative estimate of drug-likeness (QED) is 0.439. The Kier molecular flexibility index (Phi) is 6.35. The lowest BCUT2D eigenvalue weighted by atomic mass is 9.94. The van der Waals surface area contributed by atoms with E-state index in [0.29, 0.717) is 23.8 Å². The van der Waals surface area contributed by atoms with Crippen molar-refractivity contribution in [1.29, 1.82) is 0 Å². The molecule has 166 valence electrons. The molecule has 0 aliphatic heterocycles. The predicted octanol–water partition coefficient (Wildman–Crippen LogP) is 7.95. The molecule has 2 aromatic carbocycles. The van der Waals surface area contributed by atoms with Gasteiger partial charge in [-0.15, -0.1) is 0 Å². The minimum absolute atomic E-state index is 0.0284. The van der Waals surface area contributed by atoms with Gasteiger partial charge in [-0.2, -0.15) is 26.3 Å². The monoisotopic (exact) mass is 482 g/mol. The molecule has 31 heavy (non-hydrogen) atoms. The molecule has 2 aromatic rings. The Morgan fingerprint density at radius 1 is 1.06 bits per heavy atom. The topological polar surface area (TPSA) is 37.3 Å². The Labute approximate surface area is 183 Å². The zero-order valence-electron chi connectivity index (χ0n) is 15.5. The lowest BCUT2D eigenvalue weighted by Crippen LogP contribution is -2.19. The van der Waals surface area contributed by atoms with E-state index in [1.54, 1.807) is 0 Å². The summed E-state index contributed by atoms with van der Waals surface area (Å²) >= 11 is 12.1. The molecule has 10 heteroatoms. The Morgan fingerprint density at radius 2 is 1.71 bits per heavy atom. The molecular weight excluding hydrogens is 469 g/mol. The van der Waals surface area contributed by atoms with Gasteiger partial charge in [0, 0.05) is 0 Å². The Bertz CT molecular complexity index is 1040. The molecule has 1 aliphatic carbocycles. The smallest absolute Gasteiger partial charge is 0.417 e. The van der Waals surface area contributed by atoms with Crippen LogP contribution in [0, 0.1) is 0 Å². The van der Waals surface area contributed by atoms with Crippen molar-refractivity contribution in [1.82, 2.24) is 0 Å². The van der Waals surface area contributed by atoms with Gasteiger partial charge in [0.05, 0.1) is 27.1 Å². The van der Waals surface area contributed by atoms with Gasteiger partial charge >= 0.3 is 18.3 Å². The maximum absolute atomic E-state index is 13.7. The van der Waals surface area contributed by atoms with Crippen LogP contribution in [-0.2, 0) is 6.18 Å². The largest absolute Gasteiger partial charge is 0.478 e. The van der Waals surface area contributed by atoms with Crippen molar-refractivity contribution in [2.45, 2.75) is 37.0 Å². The third kappa shape index (κ3) is 5.36. The number of carboxylic acid groups (broad SMARTS) is 1. The molecule has 1 aliphatic rings. The van der Waals surface area contributed by atoms with Crippen LogP contribution in [-0.4, -0.2) is 17.3 Å². The molecule has 3 rings (SSSR count). The van der Waals surface area contributed by atoms with Gasteiger partial charge < -0.3 is 5.11 Å². The van der Waals surface area contributed by atoms with Crippen LogP contribution in [0.4, 0.5) is 26.3 Å². The van der Waals surface area contributed by atoms with Crippen LogP contribution >= 0.6 is 23.2 Å². The minimum atomic E-state index is -4.98. The highest BCUT2D eigenvalue weighted by Gasteiger charge is 2.40. The van der Waals surface area contributed by atoms with E-state index < -0.39 is 35.4 Å². The molecule has 1 unspecified atom stereocenters. The minimum Gasteiger partial charge on any atom is -0.478 e. The normalized spacial score (nSPS) is 16.0. The van der Waals surface area contributed by atoms with Crippen LogP contribution in [0.15, 0.2) is 36.4 Å². The van der Waals surface area contributed by atoms with Crippen LogP contribution in [0.3, 0.4) is 0 Å². The highest BCUT2D eigenvalue weighted by atomic mass is 35.5. The summed E-state index contributed by atoms with van der Waals surface area (Å²) in [6, 6.07) is 4.62. The number of carbonyl (C=O) groups is 1. The summed E-state index contributed by atoms with van der Waals surface area (Å²) in [5, 5.41) is 9.09. The zero-order valence-corrected chi connectivity index (χ0v) is 17.0. The molecule has 0 bridgehead atoms. The average Bonchev–Trinajstić information content (AvgIpc) is 3.47. The fourth-order valence-electron chi connectivity index (χ4n) is 3.21. The van der Waals surface area contributed by atoms with E-state index in [1.165, 1.54) is 6.07 Å². The van der Waals surface area contributed by atoms with Crippen molar-refractivity contribution in [3.05, 3.63) is 74.3 Å². The summed E-state index contributed by atoms with van der Waals surface area (Å²) in [5.41, 5.74) is -2.34. The van der Waals surface area contributed by atoms with Crippen molar-refractivity contribution in [3.8, 4) is 0 Å². The lowest BCUT2D eigenvalue weighted by molar-refractivity contribution is -0.139. The first-order valence-corrected chi connectivity index (χ1v) is 9.73. The summed E-state index contributed by atoms with van der Waals surface area (Å²) < 4.78 is 80.7. The van der Waals surface area contributed by atoms with Gasteiger partial charge in [0.2, 0.25) is 0 Å². The van der Waals surface area contributed by atoms with E-state index >= 15 is 0 Å². The van der Waals surface area contributed by atoms with Crippen LogP contribution < -0.4 is 0 Å². The van der Waals surface area contributed by atoms with Gasteiger partial charge in [-0.3, -0.25) is 0 Å². The molecule has 0 spiro atoms. The second-order valence-corrected chi connectivity index (χ2v) is 7.95. The van der Waals surface area contributed by atoms with Crippen molar-refractivity contribution in [2.24, 2.45) is 0 Å². The summed E-state index contributed by atoms with van der Waals surface area (Å²) in [7, 11) is 0. The van der Waals surface area contributed by atoms with Gasteiger partial charge in [-0.05, 0) is 53.6 Å². The van der Waals surface area contributed by atoms with Crippen LogP contribution in [0.1, 0.15) is 57.3 Å².